The summed E-state index contributed by atoms with van der Waals surface area (Å²) in [6, 6.07) is 7.33. The van der Waals surface area contributed by atoms with Gasteiger partial charge in [0.2, 0.25) is 0 Å². The predicted molar refractivity (Wildman–Crippen MR) is 90.4 cm³/mol. The van der Waals surface area contributed by atoms with Crippen LogP contribution in [0, 0.1) is 11.8 Å². The van der Waals surface area contributed by atoms with E-state index in [1.807, 2.05) is 52.0 Å². The number of halogens is 1. The van der Waals surface area contributed by atoms with Crippen molar-refractivity contribution in [3.8, 4) is 11.8 Å². The molecule has 0 unspecified atom stereocenters. The Balaban J connectivity index is 2.16. The molecule has 0 N–H and O–H groups in total. The van der Waals surface area contributed by atoms with Gasteiger partial charge in [0.1, 0.15) is 12.3 Å². The van der Waals surface area contributed by atoms with E-state index in [1.165, 1.54) is 6.08 Å². The Kier molecular flexibility index (Phi) is 5.31. The molecule has 0 aliphatic carbocycles. The number of hydrogen-bond acceptors (Lipinski definition) is 3. The van der Waals surface area contributed by atoms with Gasteiger partial charge in [0.25, 0.3) is 0 Å². The Morgan fingerprint density at radius 1 is 1.26 bits per heavy atom. The van der Waals surface area contributed by atoms with Crippen molar-refractivity contribution in [2.75, 3.05) is 13.7 Å². The van der Waals surface area contributed by atoms with E-state index in [2.05, 4.69) is 11.8 Å². The SMILES string of the molecule is COCC#Cc1cccc(C=C(F)B2OC(C)(C)C(C)(C)O2)c1. The third-order valence-electron chi connectivity index (χ3n) is 4.12. The van der Waals surface area contributed by atoms with Crippen molar-refractivity contribution in [1.82, 2.24) is 0 Å². The molecule has 23 heavy (non-hydrogen) atoms. The van der Waals surface area contributed by atoms with Gasteiger partial charge in [-0.3, -0.25) is 0 Å². The van der Waals surface area contributed by atoms with E-state index in [4.69, 9.17) is 14.0 Å². The number of hydrogen-bond donors (Lipinski definition) is 0. The molecule has 1 fully saturated rings. The summed E-state index contributed by atoms with van der Waals surface area (Å²) in [6.45, 7) is 7.94. The van der Waals surface area contributed by atoms with Crippen LogP contribution in [0.2, 0.25) is 0 Å². The minimum Gasteiger partial charge on any atom is -0.398 e. The molecule has 2 rings (SSSR count). The van der Waals surface area contributed by atoms with E-state index in [9.17, 15) is 4.39 Å². The normalized spacial score (nSPS) is 19.4. The van der Waals surface area contributed by atoms with Gasteiger partial charge >= 0.3 is 7.12 Å². The van der Waals surface area contributed by atoms with Crippen LogP contribution in [0.1, 0.15) is 38.8 Å². The second-order valence-corrected chi connectivity index (χ2v) is 6.48. The maximum Gasteiger partial charge on any atom is 0.525 e. The second-order valence-electron chi connectivity index (χ2n) is 6.48. The average molecular weight is 316 g/mol. The van der Waals surface area contributed by atoms with Crippen molar-refractivity contribution in [2.24, 2.45) is 0 Å². The second kappa shape index (κ2) is 6.88. The van der Waals surface area contributed by atoms with Crippen molar-refractivity contribution >= 4 is 13.2 Å². The highest BCUT2D eigenvalue weighted by atomic mass is 19.1. The molecule has 0 radical (unpaired) electrons. The van der Waals surface area contributed by atoms with Crippen LogP contribution < -0.4 is 0 Å². The van der Waals surface area contributed by atoms with Crippen molar-refractivity contribution in [3.63, 3.8) is 0 Å². The van der Waals surface area contributed by atoms with Gasteiger partial charge in [0, 0.05) is 12.7 Å². The van der Waals surface area contributed by atoms with Crippen LogP contribution in [-0.2, 0) is 14.0 Å². The lowest BCUT2D eigenvalue weighted by atomic mass is 9.86. The molecule has 0 saturated carbocycles. The van der Waals surface area contributed by atoms with E-state index >= 15 is 0 Å². The zero-order valence-electron chi connectivity index (χ0n) is 14.3. The highest BCUT2D eigenvalue weighted by molar-refractivity contribution is 6.54. The number of ether oxygens (including phenoxy) is 1. The molecule has 0 spiro atoms. The summed E-state index contributed by atoms with van der Waals surface area (Å²) in [4.78, 5) is 0. The Morgan fingerprint density at radius 3 is 2.52 bits per heavy atom. The largest absolute Gasteiger partial charge is 0.525 e. The fraction of sp³-hybridized carbons (Fsp3) is 0.444. The van der Waals surface area contributed by atoms with Crippen molar-refractivity contribution in [3.05, 3.63) is 41.1 Å². The smallest absolute Gasteiger partial charge is 0.398 e. The molecule has 1 aromatic rings. The third kappa shape index (κ3) is 4.23. The fourth-order valence-electron chi connectivity index (χ4n) is 2.10. The standard InChI is InChI=1S/C18H22BFO3/c1-17(2)18(3,4)23-19(22-17)16(20)13-15-9-6-8-14(12-15)10-7-11-21-5/h6,8-9,12-13H,11H2,1-5H3. The Bertz CT molecular complexity index is 640. The zero-order chi connectivity index (χ0) is 17.1. The first-order valence-corrected chi connectivity index (χ1v) is 7.56. The van der Waals surface area contributed by atoms with Crippen LogP contribution >= 0.6 is 0 Å². The molecule has 1 aliphatic rings. The molecule has 1 aliphatic heterocycles. The van der Waals surface area contributed by atoms with Gasteiger partial charge in [-0.15, -0.1) is 0 Å². The predicted octanol–water partition coefficient (Wildman–Crippen LogP) is 3.63. The quantitative estimate of drug-likeness (QED) is 0.629. The molecule has 0 bridgehead atoms. The summed E-state index contributed by atoms with van der Waals surface area (Å²) in [7, 11) is 0.608. The van der Waals surface area contributed by atoms with Gasteiger partial charge in [-0.25, -0.2) is 4.39 Å². The molecule has 0 atom stereocenters. The van der Waals surface area contributed by atoms with Gasteiger partial charge in [0.15, 0.2) is 0 Å². The van der Waals surface area contributed by atoms with Crippen LogP contribution in [0.15, 0.2) is 30.0 Å². The lowest BCUT2D eigenvalue weighted by Crippen LogP contribution is -2.41. The first-order chi connectivity index (χ1) is 10.7. The minimum atomic E-state index is -0.983. The van der Waals surface area contributed by atoms with E-state index in [-0.39, 0.29) is 0 Å². The molecule has 0 amide bonds. The van der Waals surface area contributed by atoms with Crippen LogP contribution in [0.5, 0.6) is 0 Å². The van der Waals surface area contributed by atoms with E-state index in [1.54, 1.807) is 7.11 Å². The Labute approximate surface area is 138 Å². The maximum atomic E-state index is 14.5. The van der Waals surface area contributed by atoms with Crippen molar-refractivity contribution < 1.29 is 18.4 Å². The minimum absolute atomic E-state index is 0.363. The summed E-state index contributed by atoms with van der Waals surface area (Å²) >= 11 is 0. The fourth-order valence-corrected chi connectivity index (χ4v) is 2.10. The molecular formula is C18H22BFO3. The molecular weight excluding hydrogens is 294 g/mol. The summed E-state index contributed by atoms with van der Waals surface area (Å²) < 4.78 is 30.8. The summed E-state index contributed by atoms with van der Waals surface area (Å²) in [5.41, 5.74) is -0.0586. The summed E-state index contributed by atoms with van der Waals surface area (Å²) in [6.07, 6.45) is 1.42. The third-order valence-corrected chi connectivity index (χ3v) is 4.12. The average Bonchev–Trinajstić information content (AvgIpc) is 2.68. The van der Waals surface area contributed by atoms with Crippen LogP contribution in [0.3, 0.4) is 0 Å². The first kappa shape index (κ1) is 17.7. The summed E-state index contributed by atoms with van der Waals surface area (Å²) in [5, 5.41) is 0. The van der Waals surface area contributed by atoms with Crippen LogP contribution in [-0.4, -0.2) is 32.0 Å². The highest BCUT2D eigenvalue weighted by Gasteiger charge is 2.53. The van der Waals surface area contributed by atoms with Crippen LogP contribution in [0.4, 0.5) is 4.39 Å². The monoisotopic (exact) mass is 316 g/mol. The molecule has 1 heterocycles. The van der Waals surface area contributed by atoms with Gasteiger partial charge in [-0.2, -0.15) is 0 Å². The van der Waals surface area contributed by atoms with Gasteiger partial charge in [0.05, 0.1) is 11.2 Å². The first-order valence-electron chi connectivity index (χ1n) is 7.56. The van der Waals surface area contributed by atoms with Gasteiger partial charge < -0.3 is 14.0 Å². The van der Waals surface area contributed by atoms with Crippen molar-refractivity contribution in [2.45, 2.75) is 38.9 Å². The molecule has 3 nitrogen and oxygen atoms in total. The highest BCUT2D eigenvalue weighted by Crippen LogP contribution is 2.39. The number of rotatable bonds is 3. The lowest BCUT2D eigenvalue weighted by Gasteiger charge is -2.32. The molecule has 122 valence electrons. The zero-order valence-corrected chi connectivity index (χ0v) is 14.3. The lowest BCUT2D eigenvalue weighted by molar-refractivity contribution is 0.00578. The molecule has 1 saturated heterocycles. The Hall–Kier alpha value is -1.61. The number of methoxy groups -OCH3 is 1. The van der Waals surface area contributed by atoms with Crippen LogP contribution in [0.25, 0.3) is 6.08 Å². The van der Waals surface area contributed by atoms with Crippen molar-refractivity contribution in [1.29, 1.82) is 0 Å². The van der Waals surface area contributed by atoms with E-state index in [0.29, 0.717) is 12.2 Å². The van der Waals surface area contributed by atoms with E-state index < -0.39 is 24.0 Å². The Morgan fingerprint density at radius 2 is 1.91 bits per heavy atom. The molecule has 0 aromatic heterocycles. The van der Waals surface area contributed by atoms with Gasteiger partial charge in [-0.1, -0.05) is 24.0 Å². The summed E-state index contributed by atoms with van der Waals surface area (Å²) in [5.74, 6) is 5.84. The molecule has 5 heteroatoms. The van der Waals surface area contributed by atoms with Gasteiger partial charge in [-0.05, 0) is 51.5 Å². The maximum absolute atomic E-state index is 14.5. The molecule has 1 aromatic carbocycles. The number of benzene rings is 1. The van der Waals surface area contributed by atoms with E-state index in [0.717, 1.165) is 5.56 Å². The topological polar surface area (TPSA) is 27.7 Å².